The van der Waals surface area contributed by atoms with Gasteiger partial charge in [-0.25, -0.2) is 4.68 Å². The van der Waals surface area contributed by atoms with E-state index in [4.69, 9.17) is 0 Å². The molecule has 152 valence electrons. The summed E-state index contributed by atoms with van der Waals surface area (Å²) in [5.74, 6) is -0.346. The normalized spacial score (nSPS) is 10.8. The Hall–Kier alpha value is -3.42. The summed E-state index contributed by atoms with van der Waals surface area (Å²) >= 11 is 0. The molecule has 0 atom stereocenters. The van der Waals surface area contributed by atoms with Gasteiger partial charge in [-0.1, -0.05) is 29.8 Å². The van der Waals surface area contributed by atoms with Gasteiger partial charge in [0, 0.05) is 0 Å². The summed E-state index contributed by atoms with van der Waals surface area (Å²) < 4.78 is 31.2. The fourth-order valence-electron chi connectivity index (χ4n) is 2.93. The molecule has 0 bridgehead atoms. The molecule has 1 heterocycles. The molecule has 0 aliphatic carbocycles. The van der Waals surface area contributed by atoms with Crippen molar-refractivity contribution in [3.05, 3.63) is 65.5 Å². The quantitative estimate of drug-likeness (QED) is 0.615. The molecule has 0 radical (unpaired) electrons. The van der Waals surface area contributed by atoms with Gasteiger partial charge in [-0.15, -0.1) is 0 Å². The van der Waals surface area contributed by atoms with E-state index in [1.54, 1.807) is 22.9 Å². The summed E-state index contributed by atoms with van der Waals surface area (Å²) in [4.78, 5) is 12.4. The zero-order chi connectivity index (χ0) is 21.0. The number of carbonyl (C=O) groups is 1. The fourth-order valence-corrected chi connectivity index (χ4v) is 2.93. The third-order valence-corrected chi connectivity index (χ3v) is 4.38. The maximum atomic E-state index is 12.5. The topological polar surface area (TPSA) is 68.2 Å². The number of hydrogen-bond donors (Lipinski definition) is 2. The Balaban J connectivity index is 1.70. The molecule has 3 aromatic rings. The third kappa shape index (κ3) is 4.90. The molecule has 0 saturated carbocycles. The van der Waals surface area contributed by atoms with E-state index in [-0.39, 0.29) is 18.2 Å². The first-order valence-electron chi connectivity index (χ1n) is 9.06. The zero-order valence-corrected chi connectivity index (χ0v) is 16.4. The second-order valence-electron chi connectivity index (χ2n) is 6.57. The summed E-state index contributed by atoms with van der Waals surface area (Å²) in [5.41, 5.74) is 4.44. The van der Waals surface area contributed by atoms with Crippen LogP contribution in [0.5, 0.6) is 5.75 Å². The van der Waals surface area contributed by atoms with Crippen molar-refractivity contribution in [2.45, 2.75) is 27.4 Å². The molecular weight excluding hydrogens is 378 g/mol. The molecule has 3 rings (SSSR count). The standard InChI is InChI=1S/C21H22F2N4O2/c1-13-8-10-16(11-9-13)27-15(3)20(14(2)26-27)25-19(28)12-24-17-6-4-5-7-18(17)29-21(22)23/h4-11,21,24H,12H2,1-3H3,(H,25,28). The molecule has 0 spiro atoms. The molecule has 0 fully saturated rings. The molecule has 0 aliphatic rings. The first kappa shape index (κ1) is 20.3. The van der Waals surface area contributed by atoms with Crippen molar-refractivity contribution < 1.29 is 18.3 Å². The van der Waals surface area contributed by atoms with E-state index in [0.717, 1.165) is 16.9 Å². The van der Waals surface area contributed by atoms with Gasteiger partial charge in [0.25, 0.3) is 0 Å². The van der Waals surface area contributed by atoms with Gasteiger partial charge in [-0.05, 0) is 45.0 Å². The number of rotatable bonds is 7. The van der Waals surface area contributed by atoms with Gasteiger partial charge in [0.15, 0.2) is 0 Å². The molecule has 0 unspecified atom stereocenters. The highest BCUT2D eigenvalue weighted by atomic mass is 19.3. The minimum absolute atomic E-state index is 0.0187. The Morgan fingerprint density at radius 3 is 2.48 bits per heavy atom. The Bertz CT molecular complexity index is 1000. The zero-order valence-electron chi connectivity index (χ0n) is 16.4. The second-order valence-corrected chi connectivity index (χ2v) is 6.57. The lowest BCUT2D eigenvalue weighted by molar-refractivity contribution is -0.114. The summed E-state index contributed by atoms with van der Waals surface area (Å²) in [5, 5.41) is 10.2. The van der Waals surface area contributed by atoms with Gasteiger partial charge in [0.1, 0.15) is 5.75 Å². The van der Waals surface area contributed by atoms with E-state index >= 15 is 0 Å². The van der Waals surface area contributed by atoms with Gasteiger partial charge < -0.3 is 15.4 Å². The van der Waals surface area contributed by atoms with Crippen molar-refractivity contribution in [2.24, 2.45) is 0 Å². The van der Waals surface area contributed by atoms with Crippen LogP contribution in [-0.2, 0) is 4.79 Å². The van der Waals surface area contributed by atoms with Crippen LogP contribution in [0.25, 0.3) is 5.69 Å². The van der Waals surface area contributed by atoms with Crippen molar-refractivity contribution in [2.75, 3.05) is 17.2 Å². The molecule has 8 heteroatoms. The molecule has 1 aromatic heterocycles. The van der Waals surface area contributed by atoms with Crippen molar-refractivity contribution in [1.82, 2.24) is 9.78 Å². The molecule has 2 aromatic carbocycles. The number of hydrogen-bond acceptors (Lipinski definition) is 4. The van der Waals surface area contributed by atoms with Crippen molar-refractivity contribution >= 4 is 17.3 Å². The number of halogens is 2. The highest BCUT2D eigenvalue weighted by Gasteiger charge is 2.16. The highest BCUT2D eigenvalue weighted by molar-refractivity contribution is 5.95. The van der Waals surface area contributed by atoms with Crippen LogP contribution < -0.4 is 15.4 Å². The van der Waals surface area contributed by atoms with E-state index < -0.39 is 6.61 Å². The minimum atomic E-state index is -2.94. The maximum absolute atomic E-state index is 12.5. The second kappa shape index (κ2) is 8.72. The number of amides is 1. The van der Waals surface area contributed by atoms with Crippen LogP contribution in [0.4, 0.5) is 20.2 Å². The first-order valence-corrected chi connectivity index (χ1v) is 9.06. The molecule has 6 nitrogen and oxygen atoms in total. The van der Waals surface area contributed by atoms with Crippen LogP contribution in [-0.4, -0.2) is 28.8 Å². The Kier molecular flexibility index (Phi) is 6.11. The molecule has 0 aliphatic heterocycles. The largest absolute Gasteiger partial charge is 0.433 e. The van der Waals surface area contributed by atoms with Crippen LogP contribution in [0, 0.1) is 20.8 Å². The number of carbonyl (C=O) groups excluding carboxylic acids is 1. The van der Waals surface area contributed by atoms with E-state index in [0.29, 0.717) is 17.1 Å². The number of anilines is 2. The number of ether oxygens (including phenoxy) is 1. The lowest BCUT2D eigenvalue weighted by atomic mass is 10.2. The molecule has 1 amide bonds. The van der Waals surface area contributed by atoms with Crippen LogP contribution in [0.1, 0.15) is 17.0 Å². The van der Waals surface area contributed by atoms with Crippen molar-refractivity contribution in [1.29, 1.82) is 0 Å². The summed E-state index contributed by atoms with van der Waals surface area (Å²) in [7, 11) is 0. The van der Waals surface area contributed by atoms with E-state index in [1.165, 1.54) is 6.07 Å². The minimum Gasteiger partial charge on any atom is -0.433 e. The Morgan fingerprint density at radius 2 is 1.79 bits per heavy atom. The lowest BCUT2D eigenvalue weighted by Gasteiger charge is -2.12. The van der Waals surface area contributed by atoms with Crippen LogP contribution in [0.2, 0.25) is 0 Å². The highest BCUT2D eigenvalue weighted by Crippen LogP contribution is 2.26. The van der Waals surface area contributed by atoms with Crippen molar-refractivity contribution in [3.8, 4) is 11.4 Å². The third-order valence-electron chi connectivity index (χ3n) is 4.38. The fraction of sp³-hybridized carbons (Fsp3) is 0.238. The average Bonchev–Trinajstić information content (AvgIpc) is 2.96. The van der Waals surface area contributed by atoms with E-state index in [9.17, 15) is 13.6 Å². The van der Waals surface area contributed by atoms with Crippen LogP contribution in [0.15, 0.2) is 48.5 Å². The summed E-state index contributed by atoms with van der Waals surface area (Å²) in [6, 6.07) is 14.1. The Labute approximate surface area is 167 Å². The predicted molar refractivity (Wildman–Crippen MR) is 108 cm³/mol. The van der Waals surface area contributed by atoms with Crippen molar-refractivity contribution in [3.63, 3.8) is 0 Å². The summed E-state index contributed by atoms with van der Waals surface area (Å²) in [6.45, 7) is 2.64. The Morgan fingerprint density at radius 1 is 1.10 bits per heavy atom. The monoisotopic (exact) mass is 400 g/mol. The number of aromatic nitrogens is 2. The molecule has 0 saturated heterocycles. The first-order chi connectivity index (χ1) is 13.8. The summed E-state index contributed by atoms with van der Waals surface area (Å²) in [6.07, 6.45) is 0. The smallest absolute Gasteiger partial charge is 0.387 e. The number of alkyl halides is 2. The van der Waals surface area contributed by atoms with Gasteiger partial charge in [-0.3, -0.25) is 4.79 Å². The van der Waals surface area contributed by atoms with Gasteiger partial charge in [0.2, 0.25) is 5.91 Å². The number of aryl methyl sites for hydroxylation is 2. The van der Waals surface area contributed by atoms with Crippen LogP contribution >= 0.6 is 0 Å². The number of nitrogens with one attached hydrogen (secondary N) is 2. The SMILES string of the molecule is Cc1ccc(-n2nc(C)c(NC(=O)CNc3ccccc3OC(F)F)c2C)cc1. The molecular formula is C21H22F2N4O2. The number of nitrogens with zero attached hydrogens (tertiary/aromatic N) is 2. The molecule has 2 N–H and O–H groups in total. The maximum Gasteiger partial charge on any atom is 0.387 e. The van der Waals surface area contributed by atoms with E-state index in [1.807, 2.05) is 45.0 Å². The van der Waals surface area contributed by atoms with E-state index in [2.05, 4.69) is 20.5 Å². The number of para-hydroxylation sites is 2. The van der Waals surface area contributed by atoms with Crippen LogP contribution in [0.3, 0.4) is 0 Å². The predicted octanol–water partition coefficient (Wildman–Crippen LogP) is 4.45. The van der Waals surface area contributed by atoms with Gasteiger partial charge in [0.05, 0.1) is 35.0 Å². The number of benzene rings is 2. The van der Waals surface area contributed by atoms with Gasteiger partial charge >= 0.3 is 6.61 Å². The lowest BCUT2D eigenvalue weighted by Crippen LogP contribution is -2.22. The van der Waals surface area contributed by atoms with Gasteiger partial charge in [-0.2, -0.15) is 13.9 Å². The molecule has 29 heavy (non-hydrogen) atoms. The average molecular weight is 400 g/mol.